The second-order valence-electron chi connectivity index (χ2n) is 3.88. The van der Waals surface area contributed by atoms with Gasteiger partial charge in [-0.15, -0.1) is 0 Å². The summed E-state index contributed by atoms with van der Waals surface area (Å²) in [7, 11) is -4.00. The van der Waals surface area contributed by atoms with Gasteiger partial charge in [0.25, 0.3) is 0 Å². The van der Waals surface area contributed by atoms with E-state index in [-0.39, 0.29) is 19.4 Å². The maximum Gasteiger partial charge on any atom is 0.322 e. The topological polar surface area (TPSA) is 119 Å². The summed E-state index contributed by atoms with van der Waals surface area (Å²) in [6, 6.07) is 0.359. The van der Waals surface area contributed by atoms with E-state index in [1.165, 1.54) is 6.92 Å². The Morgan fingerprint density at radius 1 is 1.65 bits per heavy atom. The van der Waals surface area contributed by atoms with Crippen LogP contribution in [0.1, 0.15) is 19.8 Å². The molecule has 1 heterocycles. The third kappa shape index (κ3) is 2.57. The molecule has 8 heteroatoms. The number of sulfonamides is 1. The molecular formula is C9H14N2O5S. The maximum absolute atomic E-state index is 12.0. The van der Waals surface area contributed by atoms with Gasteiger partial charge in [-0.25, -0.2) is 8.42 Å². The van der Waals surface area contributed by atoms with Crippen LogP contribution in [0.4, 0.5) is 0 Å². The Balaban J connectivity index is 3.06. The summed E-state index contributed by atoms with van der Waals surface area (Å²) in [5.74, 6) is -1.31. The van der Waals surface area contributed by atoms with E-state index < -0.39 is 33.4 Å². The summed E-state index contributed by atoms with van der Waals surface area (Å²) >= 11 is 0. The molecule has 0 bridgehead atoms. The first-order chi connectivity index (χ1) is 7.84. The van der Waals surface area contributed by atoms with E-state index in [4.69, 9.17) is 10.4 Å². The quantitative estimate of drug-likeness (QED) is 0.680. The van der Waals surface area contributed by atoms with Gasteiger partial charge in [-0.05, 0) is 6.42 Å². The molecule has 1 aliphatic rings. The van der Waals surface area contributed by atoms with Crippen LogP contribution in [0.15, 0.2) is 0 Å². The SMILES string of the molecule is CCC(C#N)S(=O)(=O)N1CC(O)CC1C(=O)O. The van der Waals surface area contributed by atoms with Gasteiger partial charge in [0, 0.05) is 13.0 Å². The lowest BCUT2D eigenvalue weighted by Crippen LogP contribution is -2.44. The van der Waals surface area contributed by atoms with Crippen molar-refractivity contribution in [3.63, 3.8) is 0 Å². The van der Waals surface area contributed by atoms with Gasteiger partial charge in [0.2, 0.25) is 10.0 Å². The first-order valence-electron chi connectivity index (χ1n) is 5.15. The fourth-order valence-corrected chi connectivity index (χ4v) is 3.61. The van der Waals surface area contributed by atoms with Crippen LogP contribution in [-0.2, 0) is 14.8 Å². The van der Waals surface area contributed by atoms with Crippen LogP contribution in [0.5, 0.6) is 0 Å². The van der Waals surface area contributed by atoms with Gasteiger partial charge in [0.15, 0.2) is 5.25 Å². The van der Waals surface area contributed by atoms with E-state index in [1.54, 1.807) is 6.07 Å². The Morgan fingerprint density at radius 2 is 2.24 bits per heavy atom. The normalized spacial score (nSPS) is 27.6. The average molecular weight is 262 g/mol. The third-order valence-corrected chi connectivity index (χ3v) is 4.94. The van der Waals surface area contributed by atoms with Gasteiger partial charge in [0.05, 0.1) is 12.2 Å². The van der Waals surface area contributed by atoms with E-state index in [9.17, 15) is 18.3 Å². The summed E-state index contributed by atoms with van der Waals surface area (Å²) < 4.78 is 24.7. The van der Waals surface area contributed by atoms with Crippen molar-refractivity contribution in [1.82, 2.24) is 4.31 Å². The Morgan fingerprint density at radius 3 is 2.65 bits per heavy atom. The van der Waals surface area contributed by atoms with Gasteiger partial charge in [-0.3, -0.25) is 4.79 Å². The highest BCUT2D eigenvalue weighted by Crippen LogP contribution is 2.25. The number of hydrogen-bond donors (Lipinski definition) is 2. The number of carboxylic acids is 1. The van der Waals surface area contributed by atoms with Crippen molar-refractivity contribution in [2.24, 2.45) is 0 Å². The van der Waals surface area contributed by atoms with Gasteiger partial charge in [0.1, 0.15) is 6.04 Å². The Kier molecular flexibility index (Phi) is 4.08. The number of aliphatic carboxylic acids is 1. The van der Waals surface area contributed by atoms with E-state index in [1.807, 2.05) is 0 Å². The molecule has 0 aliphatic carbocycles. The van der Waals surface area contributed by atoms with Crippen molar-refractivity contribution in [2.45, 2.75) is 37.2 Å². The van der Waals surface area contributed by atoms with Crippen molar-refractivity contribution in [1.29, 1.82) is 5.26 Å². The monoisotopic (exact) mass is 262 g/mol. The zero-order chi connectivity index (χ0) is 13.2. The summed E-state index contributed by atoms with van der Waals surface area (Å²) in [6.45, 7) is 1.27. The van der Waals surface area contributed by atoms with Crippen LogP contribution < -0.4 is 0 Å². The van der Waals surface area contributed by atoms with Crippen LogP contribution in [0, 0.1) is 11.3 Å². The number of β-amino-alcohol motifs (C(OH)–C–C–N with tert-alkyl or cyclic N) is 1. The molecule has 1 saturated heterocycles. The second kappa shape index (κ2) is 5.00. The van der Waals surface area contributed by atoms with Crippen molar-refractivity contribution >= 4 is 16.0 Å². The molecule has 0 radical (unpaired) electrons. The average Bonchev–Trinajstić information content (AvgIpc) is 2.62. The number of hydrogen-bond acceptors (Lipinski definition) is 5. The number of carboxylic acid groups (broad SMARTS) is 1. The van der Waals surface area contributed by atoms with Crippen molar-refractivity contribution in [3.05, 3.63) is 0 Å². The van der Waals surface area contributed by atoms with Crippen molar-refractivity contribution in [2.75, 3.05) is 6.54 Å². The minimum Gasteiger partial charge on any atom is -0.480 e. The molecule has 1 fully saturated rings. The Labute approximate surface area is 99.3 Å². The summed E-state index contributed by atoms with van der Waals surface area (Å²) in [5.41, 5.74) is 0. The lowest BCUT2D eigenvalue weighted by Gasteiger charge is -2.22. The molecular weight excluding hydrogens is 248 g/mol. The number of aliphatic hydroxyl groups excluding tert-OH is 1. The maximum atomic E-state index is 12.0. The number of aliphatic hydroxyl groups is 1. The highest BCUT2D eigenvalue weighted by molar-refractivity contribution is 7.90. The standard InChI is InChI=1S/C9H14N2O5S/c1-2-7(4-10)17(15,16)11-5-6(12)3-8(11)9(13)14/h6-8,12H,2-3,5H2,1H3,(H,13,14). The van der Waals surface area contributed by atoms with Crippen molar-refractivity contribution < 1.29 is 23.4 Å². The Hall–Kier alpha value is -1.17. The molecule has 0 amide bonds. The smallest absolute Gasteiger partial charge is 0.322 e. The predicted molar refractivity (Wildman–Crippen MR) is 57.4 cm³/mol. The lowest BCUT2D eigenvalue weighted by molar-refractivity contribution is -0.140. The van der Waals surface area contributed by atoms with Gasteiger partial charge in [-0.2, -0.15) is 9.57 Å². The molecule has 0 saturated carbocycles. The summed E-state index contributed by atoms with van der Waals surface area (Å²) in [4.78, 5) is 10.9. The van der Waals surface area contributed by atoms with Gasteiger partial charge in [-0.1, -0.05) is 6.92 Å². The molecule has 0 aromatic rings. The highest BCUT2D eigenvalue weighted by atomic mass is 32.2. The predicted octanol–water partition coefficient (Wildman–Crippen LogP) is -0.862. The number of carbonyl (C=O) groups is 1. The van der Waals surface area contributed by atoms with Crippen LogP contribution >= 0.6 is 0 Å². The van der Waals surface area contributed by atoms with Crippen LogP contribution in [0.3, 0.4) is 0 Å². The van der Waals surface area contributed by atoms with Crippen LogP contribution in [0.25, 0.3) is 0 Å². The molecule has 17 heavy (non-hydrogen) atoms. The molecule has 96 valence electrons. The minimum atomic E-state index is -4.00. The third-order valence-electron chi connectivity index (χ3n) is 2.72. The van der Waals surface area contributed by atoms with Crippen molar-refractivity contribution in [3.8, 4) is 6.07 Å². The van der Waals surface area contributed by atoms with Crippen LogP contribution in [-0.4, -0.2) is 52.8 Å². The van der Waals surface area contributed by atoms with Gasteiger partial charge < -0.3 is 10.2 Å². The molecule has 0 aromatic carbocycles. The van der Waals surface area contributed by atoms with Crippen LogP contribution in [0.2, 0.25) is 0 Å². The molecule has 7 nitrogen and oxygen atoms in total. The molecule has 3 unspecified atom stereocenters. The minimum absolute atomic E-state index is 0.0811. The van der Waals surface area contributed by atoms with E-state index in [2.05, 4.69) is 0 Å². The largest absolute Gasteiger partial charge is 0.480 e. The molecule has 1 rings (SSSR count). The molecule has 3 atom stereocenters. The molecule has 2 N–H and O–H groups in total. The number of nitrogens with zero attached hydrogens (tertiary/aromatic N) is 2. The first-order valence-corrected chi connectivity index (χ1v) is 6.66. The number of rotatable bonds is 4. The molecule has 1 aliphatic heterocycles. The molecule has 0 spiro atoms. The highest BCUT2D eigenvalue weighted by Gasteiger charge is 2.45. The van der Waals surface area contributed by atoms with E-state index in [0.29, 0.717) is 0 Å². The Bertz CT molecular complexity index is 441. The van der Waals surface area contributed by atoms with Gasteiger partial charge >= 0.3 is 5.97 Å². The van der Waals surface area contributed by atoms with E-state index >= 15 is 0 Å². The van der Waals surface area contributed by atoms with E-state index in [0.717, 1.165) is 4.31 Å². The summed E-state index contributed by atoms with van der Waals surface area (Å²) in [5, 5.41) is 25.7. The number of nitriles is 1. The second-order valence-corrected chi connectivity index (χ2v) is 5.95. The zero-order valence-corrected chi connectivity index (χ0v) is 10.1. The fourth-order valence-electron chi connectivity index (χ4n) is 1.82. The zero-order valence-electron chi connectivity index (χ0n) is 9.28. The first kappa shape index (κ1) is 13.9. The lowest BCUT2D eigenvalue weighted by atomic mass is 10.2. The molecule has 0 aromatic heterocycles. The fraction of sp³-hybridized carbons (Fsp3) is 0.778. The summed E-state index contributed by atoms with van der Waals surface area (Å²) in [6.07, 6.45) is -1.06.